The molecule has 1 unspecified atom stereocenters. The van der Waals surface area contributed by atoms with Crippen LogP contribution in [0.4, 0.5) is 5.69 Å². The highest BCUT2D eigenvalue weighted by atomic mass is 35.5. The van der Waals surface area contributed by atoms with Crippen LogP contribution in [-0.2, 0) is 26.2 Å². The van der Waals surface area contributed by atoms with E-state index >= 15 is 0 Å². The maximum atomic E-state index is 14.2. The highest BCUT2D eigenvalue weighted by molar-refractivity contribution is 7.92. The highest BCUT2D eigenvalue weighted by Crippen LogP contribution is 2.33. The maximum absolute atomic E-state index is 14.2. The van der Waals surface area contributed by atoms with E-state index < -0.39 is 34.1 Å². The van der Waals surface area contributed by atoms with Crippen LogP contribution in [-0.4, -0.2) is 50.4 Å². The molecule has 0 fully saturated rings. The summed E-state index contributed by atoms with van der Waals surface area (Å²) >= 11 is 12.6. The molecule has 8 nitrogen and oxygen atoms in total. The molecule has 0 aromatic heterocycles. The number of anilines is 1. The van der Waals surface area contributed by atoms with Gasteiger partial charge in [-0.15, -0.1) is 0 Å². The largest absolute Gasteiger partial charge is 0.495 e. The molecule has 0 aliphatic rings. The quantitative estimate of drug-likeness (QED) is 0.270. The lowest BCUT2D eigenvalue weighted by Gasteiger charge is -2.35. The zero-order valence-electron chi connectivity index (χ0n) is 24.6. The van der Waals surface area contributed by atoms with E-state index in [1.807, 2.05) is 27.7 Å². The summed E-state index contributed by atoms with van der Waals surface area (Å²) in [6, 6.07) is 16.9. The predicted molar refractivity (Wildman–Crippen MR) is 168 cm³/mol. The van der Waals surface area contributed by atoms with Crippen LogP contribution in [0.25, 0.3) is 0 Å². The number of methoxy groups -OCH3 is 1. The summed E-state index contributed by atoms with van der Waals surface area (Å²) in [5.41, 5.74) is 1.07. The van der Waals surface area contributed by atoms with Crippen LogP contribution in [0.3, 0.4) is 0 Å². The first-order chi connectivity index (χ1) is 19.7. The second-order valence-corrected chi connectivity index (χ2v) is 13.6. The molecule has 0 bridgehead atoms. The topological polar surface area (TPSA) is 96.0 Å². The van der Waals surface area contributed by atoms with E-state index in [-0.39, 0.29) is 35.2 Å². The lowest BCUT2D eigenvalue weighted by molar-refractivity contribution is -0.141. The van der Waals surface area contributed by atoms with E-state index in [9.17, 15) is 18.0 Å². The number of sulfonamides is 1. The second kappa shape index (κ2) is 13.8. The Morgan fingerprint density at radius 3 is 2.21 bits per heavy atom. The number of nitrogens with zero attached hydrogens (tertiary/aromatic N) is 2. The summed E-state index contributed by atoms with van der Waals surface area (Å²) < 4.78 is 34.6. The van der Waals surface area contributed by atoms with Gasteiger partial charge in [-0.25, -0.2) is 8.42 Å². The van der Waals surface area contributed by atoms with E-state index in [0.29, 0.717) is 15.6 Å². The van der Waals surface area contributed by atoms with Crippen LogP contribution in [0, 0.1) is 6.92 Å². The fraction of sp³-hybridized carbons (Fsp3) is 0.355. The SMILES string of the molecule is CCC(C(=O)NC(C)(C)C)N(Cc1ccc(Cl)cc1Cl)C(=O)CN(c1ccccc1OC)S(=O)(=O)c1ccc(C)cc1. The van der Waals surface area contributed by atoms with Crippen LogP contribution in [0.2, 0.25) is 10.0 Å². The number of hydrogen-bond acceptors (Lipinski definition) is 5. The third-order valence-electron chi connectivity index (χ3n) is 6.48. The molecular weight excluding hydrogens is 597 g/mol. The Labute approximate surface area is 258 Å². The van der Waals surface area contributed by atoms with Crippen molar-refractivity contribution in [1.29, 1.82) is 0 Å². The number of para-hydroxylation sites is 2. The lowest BCUT2D eigenvalue weighted by atomic mass is 10.1. The molecule has 3 aromatic rings. The molecule has 0 saturated carbocycles. The van der Waals surface area contributed by atoms with Gasteiger partial charge in [0.05, 0.1) is 17.7 Å². The monoisotopic (exact) mass is 633 g/mol. The summed E-state index contributed by atoms with van der Waals surface area (Å²) in [5, 5.41) is 3.68. The van der Waals surface area contributed by atoms with Gasteiger partial charge in [-0.1, -0.05) is 66.0 Å². The minimum atomic E-state index is -4.24. The number of ether oxygens (including phenoxy) is 1. The third-order valence-corrected chi connectivity index (χ3v) is 8.84. The highest BCUT2D eigenvalue weighted by Gasteiger charge is 2.35. The Morgan fingerprint density at radius 1 is 1.00 bits per heavy atom. The summed E-state index contributed by atoms with van der Waals surface area (Å²) in [5.74, 6) is -0.696. The number of carbonyl (C=O) groups excluding carboxylic acids is 2. The molecule has 0 saturated heterocycles. The number of rotatable bonds is 11. The van der Waals surface area contributed by atoms with Gasteiger partial charge in [0.25, 0.3) is 10.0 Å². The molecule has 11 heteroatoms. The molecule has 1 atom stereocenters. The molecule has 226 valence electrons. The molecule has 2 amide bonds. The van der Waals surface area contributed by atoms with E-state index in [4.69, 9.17) is 27.9 Å². The van der Waals surface area contributed by atoms with Crippen LogP contribution in [0.1, 0.15) is 45.2 Å². The van der Waals surface area contributed by atoms with Crippen molar-refractivity contribution in [3.05, 3.63) is 87.9 Å². The number of halogens is 2. The van der Waals surface area contributed by atoms with Gasteiger partial charge >= 0.3 is 0 Å². The molecule has 42 heavy (non-hydrogen) atoms. The van der Waals surface area contributed by atoms with Crippen molar-refractivity contribution in [2.24, 2.45) is 0 Å². The van der Waals surface area contributed by atoms with Gasteiger partial charge < -0.3 is 15.0 Å². The number of nitrogens with one attached hydrogen (secondary N) is 1. The van der Waals surface area contributed by atoms with Crippen molar-refractivity contribution in [3.63, 3.8) is 0 Å². The van der Waals surface area contributed by atoms with Gasteiger partial charge in [0.2, 0.25) is 11.8 Å². The molecule has 0 aliphatic heterocycles. The minimum Gasteiger partial charge on any atom is -0.495 e. The first-order valence-corrected chi connectivity index (χ1v) is 15.7. The van der Waals surface area contributed by atoms with Crippen molar-refractivity contribution < 1.29 is 22.7 Å². The van der Waals surface area contributed by atoms with Crippen molar-refractivity contribution in [2.45, 2.75) is 64.1 Å². The number of aryl methyl sites for hydroxylation is 1. The summed E-state index contributed by atoms with van der Waals surface area (Å²) in [4.78, 5) is 29.1. The Bertz CT molecular complexity index is 1520. The summed E-state index contributed by atoms with van der Waals surface area (Å²) in [7, 11) is -2.81. The smallest absolute Gasteiger partial charge is 0.264 e. The molecule has 0 spiro atoms. The summed E-state index contributed by atoms with van der Waals surface area (Å²) in [6.07, 6.45) is 0.276. The lowest BCUT2D eigenvalue weighted by Crippen LogP contribution is -2.55. The average molecular weight is 635 g/mol. The van der Waals surface area contributed by atoms with Gasteiger partial charge in [0.1, 0.15) is 18.3 Å². The van der Waals surface area contributed by atoms with Gasteiger partial charge in [0.15, 0.2) is 0 Å². The second-order valence-electron chi connectivity index (χ2n) is 10.9. The zero-order valence-corrected chi connectivity index (χ0v) is 27.0. The number of benzene rings is 3. The van der Waals surface area contributed by atoms with Crippen molar-refractivity contribution in [2.75, 3.05) is 18.0 Å². The molecule has 0 radical (unpaired) electrons. The fourth-order valence-corrected chi connectivity index (χ4v) is 6.29. The Hall–Kier alpha value is -3.27. The van der Waals surface area contributed by atoms with Gasteiger partial charge in [-0.2, -0.15) is 0 Å². The first kappa shape index (κ1) is 33.2. The molecule has 1 N–H and O–H groups in total. The minimum absolute atomic E-state index is 0.0108. The molecule has 0 heterocycles. The van der Waals surface area contributed by atoms with E-state index in [1.54, 1.807) is 61.5 Å². The average Bonchev–Trinajstić information content (AvgIpc) is 2.91. The Morgan fingerprint density at radius 2 is 1.64 bits per heavy atom. The van der Waals surface area contributed by atoms with Crippen LogP contribution in [0.5, 0.6) is 5.75 Å². The molecular formula is C31H37Cl2N3O5S. The van der Waals surface area contributed by atoms with Gasteiger partial charge in [-0.3, -0.25) is 13.9 Å². The van der Waals surface area contributed by atoms with Crippen LogP contribution < -0.4 is 14.4 Å². The van der Waals surface area contributed by atoms with Gasteiger partial charge in [0, 0.05) is 22.1 Å². The number of amides is 2. The molecule has 3 rings (SSSR count). The zero-order chi connectivity index (χ0) is 31.2. The third kappa shape index (κ3) is 8.18. The normalized spacial score (nSPS) is 12.4. The predicted octanol–water partition coefficient (Wildman–Crippen LogP) is 6.23. The Kier molecular flexibility index (Phi) is 10.9. The first-order valence-electron chi connectivity index (χ1n) is 13.5. The van der Waals surface area contributed by atoms with Crippen molar-refractivity contribution >= 4 is 50.7 Å². The van der Waals surface area contributed by atoms with Crippen LogP contribution in [0.15, 0.2) is 71.6 Å². The van der Waals surface area contributed by atoms with Crippen LogP contribution >= 0.6 is 23.2 Å². The summed E-state index contributed by atoms with van der Waals surface area (Å²) in [6.45, 7) is 8.53. The standard InChI is InChI=1S/C31H37Cl2N3O5S/c1-7-26(30(38)34-31(3,4)5)35(19-22-14-15-23(32)18-25(22)33)29(37)20-36(27-10-8-9-11-28(27)41-6)42(39,40)24-16-12-21(2)13-17-24/h8-18,26H,7,19-20H2,1-6H3,(H,34,38). The van der Waals surface area contributed by atoms with Gasteiger partial charge in [-0.05, 0) is 76.1 Å². The van der Waals surface area contributed by atoms with Crippen molar-refractivity contribution in [1.82, 2.24) is 10.2 Å². The molecule has 3 aromatic carbocycles. The number of hydrogen-bond donors (Lipinski definition) is 1. The van der Waals surface area contributed by atoms with E-state index in [2.05, 4.69) is 5.32 Å². The molecule has 0 aliphatic carbocycles. The maximum Gasteiger partial charge on any atom is 0.264 e. The fourth-order valence-electron chi connectivity index (χ4n) is 4.39. The van der Waals surface area contributed by atoms with E-state index in [1.165, 1.54) is 24.1 Å². The van der Waals surface area contributed by atoms with Crippen molar-refractivity contribution in [3.8, 4) is 5.75 Å². The Balaban J connectivity index is 2.13. The van der Waals surface area contributed by atoms with E-state index in [0.717, 1.165) is 9.87 Å². The number of carbonyl (C=O) groups is 2.